The maximum atomic E-state index is 14.6. The first-order valence-corrected chi connectivity index (χ1v) is 20.7. The number of ether oxygens (including phenoxy) is 3. The van der Waals surface area contributed by atoms with E-state index in [1.807, 2.05) is 25.1 Å². The number of urea groups is 1. The van der Waals surface area contributed by atoms with E-state index >= 15 is 0 Å². The molecule has 1 unspecified atom stereocenters. The van der Waals surface area contributed by atoms with Crippen LogP contribution in [-0.4, -0.2) is 103 Å². The molecule has 2 aliphatic carbocycles. The molecule has 4 aliphatic heterocycles. The molecular weight excluding hydrogens is 718 g/mol. The Balaban J connectivity index is 1.14. The van der Waals surface area contributed by atoms with E-state index in [-0.39, 0.29) is 41.8 Å². The smallest absolute Gasteiger partial charge is 0.410 e. The number of methoxy groups -OCH3 is 1. The summed E-state index contributed by atoms with van der Waals surface area (Å²) >= 11 is 6.46. The number of anilines is 1. The van der Waals surface area contributed by atoms with Gasteiger partial charge in [0.1, 0.15) is 15.7 Å². The van der Waals surface area contributed by atoms with Crippen molar-refractivity contribution in [1.29, 1.82) is 0 Å². The minimum absolute atomic E-state index is 0.0264. The Bertz CT molecular complexity index is 1980. The van der Waals surface area contributed by atoms with Crippen LogP contribution in [0.5, 0.6) is 5.75 Å². The van der Waals surface area contributed by atoms with Gasteiger partial charge < -0.3 is 28.9 Å². The number of likely N-dealkylation sites (tertiary alicyclic amines) is 1. The molecule has 1 N–H and O–H groups in total. The van der Waals surface area contributed by atoms with Crippen molar-refractivity contribution >= 4 is 45.2 Å². The number of fused-ring (bicyclic) bond motifs is 4. The molecule has 284 valence electrons. The van der Waals surface area contributed by atoms with Gasteiger partial charge in [0.25, 0.3) is 5.91 Å². The second-order valence-corrected chi connectivity index (χ2v) is 18.6. The maximum Gasteiger partial charge on any atom is 0.410 e. The Morgan fingerprint density at radius 2 is 1.94 bits per heavy atom. The fourth-order valence-electron chi connectivity index (χ4n) is 9.32. The standard InChI is InChI=1S/C39H48ClN5O7S/c1-25-6-4-8-33(50-3)30-12-9-28(30)18-44-20-38(15-5-7-26-16-29(40)11-13-31(26)38)24-51-34-14-10-27(17-32(34)44)35(46)41-53(49,19-25)42-36(47)45-22-39(23-45)21-43(2)37(48)52-39/h4,8,10-11,13-14,16-17,25,28,30,33H,5-7,9,12,15,18-24H2,1-3H3,(H,41,42,46,47,49)/b8-4+/t25-,28-,30+,33-,38-,53?/m0/s1. The van der Waals surface area contributed by atoms with Crippen molar-refractivity contribution in [3.05, 3.63) is 70.3 Å². The number of hydrogen-bond donors (Lipinski definition) is 1. The van der Waals surface area contributed by atoms with Gasteiger partial charge in [-0.05, 0) is 97.7 Å². The lowest BCUT2D eigenvalue weighted by Crippen LogP contribution is -2.67. The zero-order chi connectivity index (χ0) is 37.1. The Morgan fingerprint density at radius 3 is 2.68 bits per heavy atom. The molecule has 4 heterocycles. The summed E-state index contributed by atoms with van der Waals surface area (Å²) in [5.74, 6) is 0.511. The number of hydrogen-bond acceptors (Lipinski definition) is 8. The summed E-state index contributed by atoms with van der Waals surface area (Å²) in [7, 11) is -0.176. The zero-order valence-electron chi connectivity index (χ0n) is 30.6. The van der Waals surface area contributed by atoms with Gasteiger partial charge in [0.15, 0.2) is 5.60 Å². The molecular formula is C39H48ClN5O7S. The normalized spacial score (nSPS) is 32.6. The lowest BCUT2D eigenvalue weighted by Gasteiger charge is -2.46. The Kier molecular flexibility index (Phi) is 9.42. The summed E-state index contributed by atoms with van der Waals surface area (Å²) in [4.78, 5) is 44.8. The van der Waals surface area contributed by atoms with Crippen molar-refractivity contribution < 1.29 is 32.8 Å². The van der Waals surface area contributed by atoms with Crippen molar-refractivity contribution in [3.8, 4) is 5.75 Å². The van der Waals surface area contributed by atoms with Gasteiger partial charge >= 0.3 is 12.1 Å². The number of halogens is 1. The van der Waals surface area contributed by atoms with Gasteiger partial charge in [-0.1, -0.05) is 36.7 Å². The van der Waals surface area contributed by atoms with Gasteiger partial charge in [0, 0.05) is 43.2 Å². The molecule has 0 aromatic heterocycles. The molecule has 8 rings (SSSR count). The maximum absolute atomic E-state index is 14.6. The largest absolute Gasteiger partial charge is 0.490 e. The predicted molar refractivity (Wildman–Crippen MR) is 202 cm³/mol. The van der Waals surface area contributed by atoms with Gasteiger partial charge in [-0.3, -0.25) is 9.52 Å². The Hall–Kier alpha value is -3.81. The molecule has 2 aromatic carbocycles. The third-order valence-electron chi connectivity index (χ3n) is 12.1. The fourth-order valence-corrected chi connectivity index (χ4v) is 11.4. The van der Waals surface area contributed by atoms with Gasteiger partial charge in [-0.25, -0.2) is 13.8 Å². The van der Waals surface area contributed by atoms with E-state index in [2.05, 4.69) is 38.3 Å². The summed E-state index contributed by atoms with van der Waals surface area (Å²) in [5, 5.41) is 0.731. The predicted octanol–water partition coefficient (Wildman–Crippen LogP) is 5.82. The highest BCUT2D eigenvalue weighted by Gasteiger charge is 2.54. The van der Waals surface area contributed by atoms with Crippen LogP contribution in [0, 0.1) is 17.8 Å². The number of rotatable bonds is 2. The van der Waals surface area contributed by atoms with Crippen LogP contribution in [0.2, 0.25) is 5.02 Å². The van der Waals surface area contributed by atoms with Crippen LogP contribution in [-0.2, 0) is 31.2 Å². The number of benzene rings is 2. The Labute approximate surface area is 316 Å². The van der Waals surface area contributed by atoms with E-state index in [9.17, 15) is 18.6 Å². The van der Waals surface area contributed by atoms with Gasteiger partial charge in [-0.2, -0.15) is 0 Å². The molecule has 6 atom stereocenters. The Morgan fingerprint density at radius 1 is 1.11 bits per heavy atom. The van der Waals surface area contributed by atoms with Crippen LogP contribution in [0.3, 0.4) is 0 Å². The highest BCUT2D eigenvalue weighted by atomic mass is 35.5. The van der Waals surface area contributed by atoms with Crippen molar-refractivity contribution in [3.63, 3.8) is 0 Å². The summed E-state index contributed by atoms with van der Waals surface area (Å²) in [6.07, 6.45) is 9.30. The lowest BCUT2D eigenvalue weighted by atomic mass is 9.68. The quantitative estimate of drug-likeness (QED) is 0.379. The highest BCUT2D eigenvalue weighted by molar-refractivity contribution is 7.92. The number of likely N-dealkylation sites (N-methyl/N-ethyl adjacent to an activating group) is 1. The molecule has 1 saturated carbocycles. The highest BCUT2D eigenvalue weighted by Crippen LogP contribution is 2.47. The minimum atomic E-state index is -3.57. The molecule has 4 amide bonds. The molecule has 2 saturated heterocycles. The number of aryl methyl sites for hydroxylation is 1. The van der Waals surface area contributed by atoms with E-state index < -0.39 is 33.5 Å². The van der Waals surface area contributed by atoms with Gasteiger partial charge in [-0.15, -0.1) is 4.36 Å². The van der Waals surface area contributed by atoms with Gasteiger partial charge in [0.2, 0.25) is 0 Å². The number of amides is 4. The van der Waals surface area contributed by atoms with Crippen LogP contribution >= 0.6 is 11.6 Å². The number of carbonyl (C=O) groups excluding carboxylic acids is 3. The van der Waals surface area contributed by atoms with Crippen molar-refractivity contribution in [2.75, 3.05) is 64.1 Å². The van der Waals surface area contributed by atoms with Crippen LogP contribution in [0.15, 0.2) is 52.9 Å². The summed E-state index contributed by atoms with van der Waals surface area (Å²) < 4.78 is 39.7. The van der Waals surface area contributed by atoms with Crippen LogP contribution in [0.25, 0.3) is 0 Å². The first-order valence-electron chi connectivity index (χ1n) is 18.7. The lowest BCUT2D eigenvalue weighted by molar-refractivity contribution is -0.0504. The van der Waals surface area contributed by atoms with E-state index in [1.54, 1.807) is 20.2 Å². The summed E-state index contributed by atoms with van der Waals surface area (Å²) in [5.41, 5.74) is 2.54. The molecule has 3 fully saturated rings. The molecule has 14 heteroatoms. The van der Waals surface area contributed by atoms with Crippen molar-refractivity contribution in [2.24, 2.45) is 22.1 Å². The molecule has 12 nitrogen and oxygen atoms in total. The third kappa shape index (κ3) is 6.89. The number of allylic oxidation sites excluding steroid dienone is 1. The van der Waals surface area contributed by atoms with E-state index in [0.717, 1.165) is 49.4 Å². The molecule has 2 aromatic rings. The van der Waals surface area contributed by atoms with Crippen LogP contribution < -0.4 is 14.4 Å². The molecule has 2 bridgehead atoms. The monoisotopic (exact) mass is 765 g/mol. The molecule has 0 radical (unpaired) electrons. The second-order valence-electron chi connectivity index (χ2n) is 16.1. The first-order chi connectivity index (χ1) is 25.4. The summed E-state index contributed by atoms with van der Waals surface area (Å²) in [6.45, 7) is 4.58. The average molecular weight is 766 g/mol. The molecule has 6 aliphatic rings. The molecule has 2 spiro atoms. The fraction of sp³-hybridized carbons (Fsp3) is 0.564. The van der Waals surface area contributed by atoms with E-state index in [0.29, 0.717) is 43.7 Å². The average Bonchev–Trinajstić information content (AvgIpc) is 3.31. The minimum Gasteiger partial charge on any atom is -0.490 e. The second kappa shape index (κ2) is 13.8. The van der Waals surface area contributed by atoms with Crippen molar-refractivity contribution in [2.45, 2.75) is 62.6 Å². The van der Waals surface area contributed by atoms with E-state index in [1.165, 1.54) is 20.9 Å². The van der Waals surface area contributed by atoms with Crippen LogP contribution in [0.1, 0.15) is 60.5 Å². The topological polar surface area (TPSA) is 130 Å². The number of nitrogens with one attached hydrogen (secondary N) is 1. The van der Waals surface area contributed by atoms with Crippen molar-refractivity contribution in [1.82, 2.24) is 14.5 Å². The third-order valence-corrected chi connectivity index (χ3v) is 14.4. The summed E-state index contributed by atoms with van der Waals surface area (Å²) in [6, 6.07) is 10.9. The van der Waals surface area contributed by atoms with E-state index in [4.69, 9.17) is 25.8 Å². The first kappa shape index (κ1) is 36.2. The zero-order valence-corrected chi connectivity index (χ0v) is 32.1. The molecule has 53 heavy (non-hydrogen) atoms. The van der Waals surface area contributed by atoms with Gasteiger partial charge in [0.05, 0.1) is 43.8 Å². The number of nitrogens with zero attached hydrogens (tertiary/aromatic N) is 4. The SMILES string of the molecule is CO[C@H]1/C=C/C[C@H](C)CS(=O)(NC(=O)N2CC3(CN(C)C(=O)O3)C2)=NC(=O)c2ccc3c(c2)N(C[C@@H]2CC[C@H]21)C[C@@]1(CCCc2cc(Cl)ccc21)CO3. The number of carbonyl (C=O) groups is 3. The van der Waals surface area contributed by atoms with Crippen LogP contribution in [0.4, 0.5) is 15.3 Å².